The van der Waals surface area contributed by atoms with Crippen LogP contribution in [0.5, 0.6) is 17.2 Å². The Morgan fingerprint density at radius 2 is 1.59 bits per heavy atom. The second-order valence-electron chi connectivity index (χ2n) is 12.3. The first-order valence-corrected chi connectivity index (χ1v) is 16.3. The van der Waals surface area contributed by atoms with Crippen LogP contribution in [-0.4, -0.2) is 80.5 Å². The van der Waals surface area contributed by atoms with E-state index >= 15 is 4.39 Å². The van der Waals surface area contributed by atoms with Gasteiger partial charge in [-0.25, -0.2) is 4.39 Å². The summed E-state index contributed by atoms with van der Waals surface area (Å²) >= 11 is 0. The first-order valence-electron chi connectivity index (χ1n) is 16.3. The normalized spacial score (nSPS) is 12.4. The quantitative estimate of drug-likeness (QED) is 0.165. The van der Waals surface area contributed by atoms with E-state index in [1.54, 1.807) is 25.0 Å². The highest BCUT2D eigenvalue weighted by atomic mass is 19.1. The highest BCUT2D eigenvalue weighted by Crippen LogP contribution is 2.39. The molecule has 0 radical (unpaired) electrons. The maximum Gasteiger partial charge on any atom is 0.320 e. The lowest BCUT2D eigenvalue weighted by Gasteiger charge is -2.25. The molecule has 0 saturated heterocycles. The van der Waals surface area contributed by atoms with Crippen molar-refractivity contribution in [3.05, 3.63) is 51.8 Å². The number of nitrogens with one attached hydrogen (secondary N) is 1. The minimum Gasteiger partial charge on any atom is -0.496 e. The molecule has 1 heterocycles. The minimum absolute atomic E-state index is 0.0108. The Morgan fingerprint density at radius 3 is 2.11 bits per heavy atom. The molecular formula is C36H54FN3O6. The summed E-state index contributed by atoms with van der Waals surface area (Å²) in [5, 5.41) is 8.55. The predicted molar refractivity (Wildman–Crippen MR) is 180 cm³/mol. The van der Waals surface area contributed by atoms with E-state index in [-0.39, 0.29) is 54.0 Å². The van der Waals surface area contributed by atoms with Gasteiger partial charge in [-0.2, -0.15) is 0 Å². The van der Waals surface area contributed by atoms with Crippen molar-refractivity contribution in [2.24, 2.45) is 0 Å². The number of methoxy groups -OCH3 is 1. The van der Waals surface area contributed by atoms with Gasteiger partial charge in [-0.1, -0.05) is 34.6 Å². The number of carbonyl (C=O) groups is 2. The third-order valence-corrected chi connectivity index (χ3v) is 7.45. The van der Waals surface area contributed by atoms with E-state index in [0.29, 0.717) is 36.6 Å². The Kier molecular flexibility index (Phi) is 15.0. The molecule has 0 aliphatic carbocycles. The molecule has 0 amide bonds. The number of nitrogens with zero attached hydrogens (tertiary/aromatic N) is 2. The Morgan fingerprint density at radius 1 is 0.957 bits per heavy atom. The predicted octanol–water partition coefficient (Wildman–Crippen LogP) is 6.93. The average Bonchev–Trinajstić information content (AvgIpc) is 3.29. The number of carbonyl (C=O) groups excluding carboxylic acids is 2. The van der Waals surface area contributed by atoms with E-state index in [2.05, 4.69) is 39.5 Å². The maximum atomic E-state index is 15.3. The molecule has 46 heavy (non-hydrogen) atoms. The number of esters is 1. The first-order chi connectivity index (χ1) is 21.8. The molecule has 256 valence electrons. The van der Waals surface area contributed by atoms with Crippen molar-refractivity contribution in [3.8, 4) is 17.2 Å². The highest BCUT2D eigenvalue weighted by Gasteiger charge is 2.33. The molecular weight excluding hydrogens is 589 g/mol. The zero-order valence-electron chi connectivity index (χ0n) is 29.5. The minimum atomic E-state index is -0.618. The van der Waals surface area contributed by atoms with Crippen molar-refractivity contribution >= 4 is 17.6 Å². The summed E-state index contributed by atoms with van der Waals surface area (Å²) in [6.07, 6.45) is 2.17. The Bertz CT molecular complexity index is 1350. The third kappa shape index (κ3) is 9.92. The van der Waals surface area contributed by atoms with Crippen molar-refractivity contribution in [2.75, 3.05) is 53.1 Å². The van der Waals surface area contributed by atoms with Crippen LogP contribution in [0.1, 0.15) is 101 Å². The average molecular weight is 644 g/mol. The molecule has 1 N–H and O–H groups in total. The molecule has 0 fully saturated rings. The Balaban J connectivity index is 0.000000479. The molecule has 0 bridgehead atoms. The molecule has 0 unspecified atom stereocenters. The van der Waals surface area contributed by atoms with Gasteiger partial charge in [0.25, 0.3) is 0 Å². The van der Waals surface area contributed by atoms with Crippen LogP contribution in [0, 0.1) is 18.2 Å². The summed E-state index contributed by atoms with van der Waals surface area (Å²) in [4.78, 5) is 28.1. The number of rotatable bonds is 15. The smallest absolute Gasteiger partial charge is 0.320 e. The zero-order chi connectivity index (χ0) is 34.6. The van der Waals surface area contributed by atoms with E-state index in [4.69, 9.17) is 24.4 Å². The SMILES string of the molecule is CCCN(CCC)CC(=O)OCC.CCOc1cc2c(c(F)c1OCC)C(=N)N(CC(=O)c1cc(C)c(OC)c(C(C)(C)C)c1)C2. The highest BCUT2D eigenvalue weighted by molar-refractivity contribution is 6.06. The van der Waals surface area contributed by atoms with Gasteiger partial charge < -0.3 is 23.8 Å². The summed E-state index contributed by atoms with van der Waals surface area (Å²) in [6.45, 7) is 21.5. The summed E-state index contributed by atoms with van der Waals surface area (Å²) in [7, 11) is 1.63. The van der Waals surface area contributed by atoms with Crippen molar-refractivity contribution in [3.63, 3.8) is 0 Å². The fraction of sp³-hybridized carbons (Fsp3) is 0.583. The summed E-state index contributed by atoms with van der Waals surface area (Å²) in [6, 6.07) is 5.38. The van der Waals surface area contributed by atoms with Gasteiger partial charge in [-0.05, 0) is 88.4 Å². The van der Waals surface area contributed by atoms with Crippen molar-refractivity contribution < 1.29 is 32.9 Å². The molecule has 3 rings (SSSR count). The summed E-state index contributed by atoms with van der Waals surface area (Å²) < 4.78 is 36.8. The van der Waals surface area contributed by atoms with Crippen LogP contribution in [0.15, 0.2) is 18.2 Å². The van der Waals surface area contributed by atoms with Gasteiger partial charge in [-0.3, -0.25) is 19.9 Å². The van der Waals surface area contributed by atoms with E-state index in [9.17, 15) is 9.59 Å². The Hall–Kier alpha value is -3.66. The molecule has 0 spiro atoms. The Labute approximate surface area is 274 Å². The molecule has 2 aromatic rings. The van der Waals surface area contributed by atoms with Crippen molar-refractivity contribution in [2.45, 2.75) is 87.1 Å². The molecule has 1 aliphatic rings. The van der Waals surface area contributed by atoms with Gasteiger partial charge in [-0.15, -0.1) is 0 Å². The molecule has 2 aromatic carbocycles. The lowest BCUT2D eigenvalue weighted by atomic mass is 9.83. The number of benzene rings is 2. The van der Waals surface area contributed by atoms with Crippen LogP contribution in [0.2, 0.25) is 0 Å². The number of amidine groups is 1. The number of halogens is 1. The second kappa shape index (κ2) is 17.9. The molecule has 0 saturated carbocycles. The maximum absolute atomic E-state index is 15.3. The molecule has 10 heteroatoms. The number of ether oxygens (including phenoxy) is 4. The standard InChI is InChI=1S/C26H33FN2O4.C10H21NO2/c1-8-32-20-12-17-13-29(25(28)21(17)22(27)24(20)33-9-2)14-19(30)16-10-15(3)23(31-7)18(11-16)26(4,5)6;1-4-7-11(8-5-2)9-10(12)13-6-3/h10-12,28H,8-9,13-14H2,1-7H3;4-9H2,1-3H3. The van der Waals surface area contributed by atoms with Crippen LogP contribution >= 0.6 is 0 Å². The number of hydrogen-bond donors (Lipinski definition) is 1. The van der Waals surface area contributed by atoms with Gasteiger partial charge in [0.05, 0.1) is 45.6 Å². The van der Waals surface area contributed by atoms with Crippen LogP contribution in [0.4, 0.5) is 4.39 Å². The zero-order valence-corrected chi connectivity index (χ0v) is 29.5. The number of fused-ring (bicyclic) bond motifs is 1. The summed E-state index contributed by atoms with van der Waals surface area (Å²) in [5.74, 6) is 0.209. The van der Waals surface area contributed by atoms with Gasteiger partial charge in [0.15, 0.2) is 23.1 Å². The molecule has 0 atom stereocenters. The van der Waals surface area contributed by atoms with Crippen LogP contribution in [0.3, 0.4) is 0 Å². The van der Waals surface area contributed by atoms with Crippen LogP contribution < -0.4 is 14.2 Å². The van der Waals surface area contributed by atoms with E-state index in [1.807, 2.05) is 32.9 Å². The number of ketones is 1. The topological polar surface area (TPSA) is 101 Å². The monoisotopic (exact) mass is 643 g/mol. The van der Waals surface area contributed by atoms with Gasteiger partial charge in [0, 0.05) is 17.7 Å². The fourth-order valence-electron chi connectivity index (χ4n) is 5.48. The van der Waals surface area contributed by atoms with Gasteiger partial charge in [0.1, 0.15) is 11.6 Å². The molecule has 1 aliphatic heterocycles. The van der Waals surface area contributed by atoms with E-state index in [0.717, 1.165) is 42.8 Å². The van der Waals surface area contributed by atoms with E-state index < -0.39 is 5.82 Å². The molecule has 0 aromatic heterocycles. The first kappa shape index (κ1) is 38.5. The molecule has 9 nitrogen and oxygen atoms in total. The lowest BCUT2D eigenvalue weighted by molar-refractivity contribution is -0.144. The summed E-state index contributed by atoms with van der Waals surface area (Å²) in [5.41, 5.74) is 2.93. The second-order valence-corrected chi connectivity index (χ2v) is 12.3. The largest absolute Gasteiger partial charge is 0.496 e. The van der Waals surface area contributed by atoms with Gasteiger partial charge in [0.2, 0.25) is 0 Å². The number of hydrogen-bond acceptors (Lipinski definition) is 8. The van der Waals surface area contributed by atoms with Gasteiger partial charge >= 0.3 is 5.97 Å². The fourth-order valence-corrected chi connectivity index (χ4v) is 5.48. The number of aryl methyl sites for hydroxylation is 1. The van der Waals surface area contributed by atoms with Crippen molar-refractivity contribution in [1.82, 2.24) is 9.80 Å². The van der Waals surface area contributed by atoms with Crippen molar-refractivity contribution in [1.29, 1.82) is 5.41 Å². The number of Topliss-reactive ketones (excluding diaryl/α,β-unsaturated/α-hetero) is 1. The van der Waals surface area contributed by atoms with Crippen LogP contribution in [-0.2, 0) is 21.5 Å². The lowest BCUT2D eigenvalue weighted by Crippen LogP contribution is -2.32. The van der Waals surface area contributed by atoms with Crippen LogP contribution in [0.25, 0.3) is 0 Å². The van der Waals surface area contributed by atoms with E-state index in [1.165, 1.54) is 0 Å². The third-order valence-electron chi connectivity index (χ3n) is 7.45.